The summed E-state index contributed by atoms with van der Waals surface area (Å²) < 4.78 is 13.3. The molecule has 4 nitrogen and oxygen atoms in total. The van der Waals surface area contributed by atoms with Gasteiger partial charge in [-0.1, -0.05) is 29.8 Å². The predicted molar refractivity (Wildman–Crippen MR) is 82.3 cm³/mol. The number of aromatic nitrogens is 1. The summed E-state index contributed by atoms with van der Waals surface area (Å²) in [6.07, 6.45) is 2.47. The number of benzene rings is 1. The van der Waals surface area contributed by atoms with Crippen molar-refractivity contribution in [3.05, 3.63) is 64.7 Å². The second kappa shape index (κ2) is 6.42. The lowest BCUT2D eigenvalue weighted by molar-refractivity contribution is 0.0633. The van der Waals surface area contributed by atoms with E-state index in [2.05, 4.69) is 10.3 Å². The first kappa shape index (κ1) is 14.9. The molecule has 0 aliphatic carbocycles. The molecule has 1 amide bonds. The van der Waals surface area contributed by atoms with Gasteiger partial charge in [0.25, 0.3) is 5.91 Å². The molecule has 1 aliphatic heterocycles. The molecule has 1 fully saturated rings. The molecule has 0 spiro atoms. The Morgan fingerprint density at radius 2 is 2.18 bits per heavy atom. The Kier molecular flexibility index (Phi) is 4.36. The Balaban J connectivity index is 1.93. The fourth-order valence-corrected chi connectivity index (χ4v) is 2.93. The Bertz CT molecular complexity index is 695. The summed E-state index contributed by atoms with van der Waals surface area (Å²) >= 11 is 6.26. The van der Waals surface area contributed by atoms with Crippen LogP contribution in [0.1, 0.15) is 22.0 Å². The molecule has 1 aromatic heterocycles. The Morgan fingerprint density at radius 3 is 2.95 bits per heavy atom. The summed E-state index contributed by atoms with van der Waals surface area (Å²) in [5, 5.41) is 3.88. The first-order chi connectivity index (χ1) is 10.7. The van der Waals surface area contributed by atoms with Crippen LogP contribution in [0.4, 0.5) is 4.39 Å². The number of carbonyl (C=O) groups excluding carboxylic acids is 1. The van der Waals surface area contributed by atoms with Gasteiger partial charge >= 0.3 is 0 Å². The quantitative estimate of drug-likeness (QED) is 0.925. The maximum atomic E-state index is 13.3. The standard InChI is InChI=1S/C16H15ClFN3O/c17-14-4-2-1-3-13(14)15-10-19-5-6-21(15)16(22)11-7-12(18)9-20-8-11/h1-4,7-9,15,19H,5-6,10H2. The van der Waals surface area contributed by atoms with E-state index >= 15 is 0 Å². The van der Waals surface area contributed by atoms with Crippen LogP contribution in [0.3, 0.4) is 0 Å². The number of rotatable bonds is 2. The van der Waals surface area contributed by atoms with Crippen LogP contribution in [0.2, 0.25) is 5.02 Å². The lowest BCUT2D eigenvalue weighted by Gasteiger charge is -2.37. The SMILES string of the molecule is O=C(c1cncc(F)c1)N1CCNCC1c1ccccc1Cl. The van der Waals surface area contributed by atoms with Gasteiger partial charge in [0.1, 0.15) is 5.82 Å². The van der Waals surface area contributed by atoms with E-state index in [1.54, 1.807) is 11.0 Å². The Hall–Kier alpha value is -1.98. The van der Waals surface area contributed by atoms with Crippen molar-refractivity contribution in [2.45, 2.75) is 6.04 Å². The average Bonchev–Trinajstić information content (AvgIpc) is 2.55. The van der Waals surface area contributed by atoms with Crippen LogP contribution in [0, 0.1) is 5.82 Å². The fraction of sp³-hybridized carbons (Fsp3) is 0.250. The van der Waals surface area contributed by atoms with Gasteiger partial charge in [-0.05, 0) is 17.7 Å². The van der Waals surface area contributed by atoms with Gasteiger partial charge in [0, 0.05) is 30.9 Å². The smallest absolute Gasteiger partial charge is 0.256 e. The van der Waals surface area contributed by atoms with Gasteiger partial charge in [-0.3, -0.25) is 9.78 Å². The molecular weight excluding hydrogens is 305 g/mol. The summed E-state index contributed by atoms with van der Waals surface area (Å²) in [7, 11) is 0. The molecule has 0 saturated carbocycles. The fourth-order valence-electron chi connectivity index (χ4n) is 2.67. The number of hydrogen-bond donors (Lipinski definition) is 1. The van der Waals surface area contributed by atoms with Gasteiger partial charge in [0.05, 0.1) is 17.8 Å². The van der Waals surface area contributed by atoms with Crippen LogP contribution in [0.5, 0.6) is 0 Å². The van der Waals surface area contributed by atoms with Gasteiger partial charge in [0.15, 0.2) is 0 Å². The van der Waals surface area contributed by atoms with Crippen molar-refractivity contribution >= 4 is 17.5 Å². The summed E-state index contributed by atoms with van der Waals surface area (Å²) in [6, 6.07) is 8.48. The van der Waals surface area contributed by atoms with Crippen molar-refractivity contribution in [3.63, 3.8) is 0 Å². The number of nitrogens with one attached hydrogen (secondary N) is 1. The highest BCUT2D eigenvalue weighted by Gasteiger charge is 2.30. The second-order valence-electron chi connectivity index (χ2n) is 5.13. The first-order valence-electron chi connectivity index (χ1n) is 7.03. The molecule has 0 bridgehead atoms. The summed E-state index contributed by atoms with van der Waals surface area (Å²) in [4.78, 5) is 18.2. The second-order valence-corrected chi connectivity index (χ2v) is 5.54. The van der Waals surface area contributed by atoms with Crippen molar-refractivity contribution in [2.24, 2.45) is 0 Å². The van der Waals surface area contributed by atoms with E-state index < -0.39 is 5.82 Å². The number of nitrogens with zero attached hydrogens (tertiary/aromatic N) is 2. The molecule has 22 heavy (non-hydrogen) atoms. The highest BCUT2D eigenvalue weighted by atomic mass is 35.5. The third-order valence-corrected chi connectivity index (χ3v) is 4.06. The molecule has 114 valence electrons. The van der Waals surface area contributed by atoms with Crippen molar-refractivity contribution < 1.29 is 9.18 Å². The molecule has 0 radical (unpaired) electrons. The minimum atomic E-state index is -0.518. The van der Waals surface area contributed by atoms with Crippen molar-refractivity contribution in [1.29, 1.82) is 0 Å². The zero-order valence-corrected chi connectivity index (χ0v) is 12.6. The van der Waals surface area contributed by atoms with Crippen LogP contribution >= 0.6 is 11.6 Å². The highest BCUT2D eigenvalue weighted by Crippen LogP contribution is 2.29. The maximum absolute atomic E-state index is 13.3. The van der Waals surface area contributed by atoms with Crippen LogP contribution < -0.4 is 5.32 Å². The Morgan fingerprint density at radius 1 is 1.36 bits per heavy atom. The average molecular weight is 320 g/mol. The molecule has 2 aromatic rings. The van der Waals surface area contributed by atoms with Crippen molar-refractivity contribution in [3.8, 4) is 0 Å². The topological polar surface area (TPSA) is 45.2 Å². The zero-order chi connectivity index (χ0) is 15.5. The first-order valence-corrected chi connectivity index (χ1v) is 7.41. The van der Waals surface area contributed by atoms with E-state index in [0.29, 0.717) is 24.7 Å². The predicted octanol–water partition coefficient (Wildman–Crippen LogP) is 2.66. The number of pyridine rings is 1. The van der Waals surface area contributed by atoms with Crippen LogP contribution in [0.25, 0.3) is 0 Å². The molecule has 1 atom stereocenters. The number of halogens is 2. The lowest BCUT2D eigenvalue weighted by atomic mass is 10.0. The van der Waals surface area contributed by atoms with Gasteiger partial charge in [-0.25, -0.2) is 4.39 Å². The third kappa shape index (κ3) is 2.96. The normalized spacial score (nSPS) is 18.3. The maximum Gasteiger partial charge on any atom is 0.256 e. The molecule has 2 heterocycles. The van der Waals surface area contributed by atoms with Gasteiger partial charge in [-0.2, -0.15) is 0 Å². The molecule has 1 aliphatic rings. The molecule has 1 N–H and O–H groups in total. The van der Waals surface area contributed by atoms with E-state index in [4.69, 9.17) is 11.6 Å². The van der Waals surface area contributed by atoms with Gasteiger partial charge in [0.2, 0.25) is 0 Å². The van der Waals surface area contributed by atoms with E-state index in [1.807, 2.05) is 18.2 Å². The lowest BCUT2D eigenvalue weighted by Crippen LogP contribution is -2.48. The van der Waals surface area contributed by atoms with E-state index in [1.165, 1.54) is 12.3 Å². The largest absolute Gasteiger partial charge is 0.329 e. The van der Waals surface area contributed by atoms with Gasteiger partial charge < -0.3 is 10.2 Å². The zero-order valence-electron chi connectivity index (χ0n) is 11.8. The molecular formula is C16H15ClFN3O. The van der Waals surface area contributed by atoms with E-state index in [9.17, 15) is 9.18 Å². The van der Waals surface area contributed by atoms with Gasteiger partial charge in [-0.15, -0.1) is 0 Å². The molecule has 3 rings (SSSR count). The van der Waals surface area contributed by atoms with Crippen LogP contribution in [-0.4, -0.2) is 35.4 Å². The van der Waals surface area contributed by atoms with Crippen molar-refractivity contribution in [1.82, 2.24) is 15.2 Å². The molecule has 1 saturated heterocycles. The minimum absolute atomic E-state index is 0.182. The number of piperazine rings is 1. The summed E-state index contributed by atoms with van der Waals surface area (Å²) in [5.74, 6) is -0.756. The Labute approximate surface area is 132 Å². The van der Waals surface area contributed by atoms with Crippen LogP contribution in [0.15, 0.2) is 42.7 Å². The highest BCUT2D eigenvalue weighted by molar-refractivity contribution is 6.31. The van der Waals surface area contributed by atoms with E-state index in [-0.39, 0.29) is 17.5 Å². The number of hydrogen-bond acceptors (Lipinski definition) is 3. The van der Waals surface area contributed by atoms with Crippen LogP contribution in [-0.2, 0) is 0 Å². The molecule has 6 heteroatoms. The van der Waals surface area contributed by atoms with Crippen molar-refractivity contribution in [2.75, 3.05) is 19.6 Å². The van der Waals surface area contributed by atoms with E-state index in [0.717, 1.165) is 11.8 Å². The minimum Gasteiger partial charge on any atom is -0.329 e. The monoisotopic (exact) mass is 319 g/mol. The number of carbonyl (C=O) groups is 1. The summed E-state index contributed by atoms with van der Waals surface area (Å²) in [6.45, 7) is 1.83. The summed E-state index contributed by atoms with van der Waals surface area (Å²) in [5.41, 5.74) is 1.13. The molecule has 1 unspecified atom stereocenters. The number of amides is 1. The molecule has 1 aromatic carbocycles. The third-order valence-electron chi connectivity index (χ3n) is 3.72.